The number of nitrogens with one attached hydrogen (secondary N) is 3. The van der Waals surface area contributed by atoms with Gasteiger partial charge in [-0.1, -0.05) is 18.7 Å². The number of allylic oxidation sites excluding steroid dienone is 5. The molecule has 1 aliphatic rings. The van der Waals surface area contributed by atoms with Crippen LogP contribution in [0.25, 0.3) is 0 Å². The van der Waals surface area contributed by atoms with Crippen LogP contribution in [0.5, 0.6) is 5.75 Å². The van der Waals surface area contributed by atoms with Crippen molar-refractivity contribution in [1.29, 1.82) is 0 Å². The number of hydrogen-bond acceptors (Lipinski definition) is 7. The maximum atomic E-state index is 14.7. The van der Waals surface area contributed by atoms with Crippen molar-refractivity contribution >= 4 is 17.7 Å². The number of anilines is 1. The maximum absolute atomic E-state index is 14.7. The number of alkyl carbamates (subject to hydrolysis) is 1. The van der Waals surface area contributed by atoms with Crippen molar-refractivity contribution in [3.8, 4) is 5.75 Å². The first-order chi connectivity index (χ1) is 21.7. The molecule has 1 saturated heterocycles. The summed E-state index contributed by atoms with van der Waals surface area (Å²) in [4.78, 5) is 28.2. The molecule has 0 unspecified atom stereocenters. The molecule has 16 heteroatoms. The lowest BCUT2D eigenvalue weighted by atomic mass is 9.88. The summed E-state index contributed by atoms with van der Waals surface area (Å²) in [6.07, 6.45) is -3.21. The molecule has 2 amide bonds. The van der Waals surface area contributed by atoms with Gasteiger partial charge in [0.25, 0.3) is 0 Å². The van der Waals surface area contributed by atoms with Crippen molar-refractivity contribution in [2.24, 2.45) is 0 Å². The Morgan fingerprint density at radius 3 is 2.50 bits per heavy atom. The van der Waals surface area contributed by atoms with Crippen LogP contribution in [0.4, 0.5) is 41.2 Å². The van der Waals surface area contributed by atoms with Gasteiger partial charge in [0.1, 0.15) is 43.2 Å². The molecule has 0 bridgehead atoms. The monoisotopic (exact) mass is 660 g/mol. The van der Waals surface area contributed by atoms with Gasteiger partial charge < -0.3 is 30.2 Å². The van der Waals surface area contributed by atoms with Gasteiger partial charge >= 0.3 is 12.3 Å². The van der Waals surface area contributed by atoms with Crippen LogP contribution in [0.15, 0.2) is 72.6 Å². The topological polar surface area (TPSA) is 111 Å². The van der Waals surface area contributed by atoms with Crippen LogP contribution < -0.4 is 20.7 Å². The smallest absolute Gasteiger partial charge is 0.407 e. The number of nitrogens with zero attached hydrogens (tertiary/aromatic N) is 1. The number of carbonyl (C=O) groups is 2. The second-order valence-electron chi connectivity index (χ2n) is 10.1. The summed E-state index contributed by atoms with van der Waals surface area (Å²) in [5.74, 6) is -5.11. The predicted octanol–water partition coefficient (Wildman–Crippen LogP) is 5.78. The van der Waals surface area contributed by atoms with E-state index in [9.17, 15) is 40.3 Å². The van der Waals surface area contributed by atoms with Gasteiger partial charge in [-0.25, -0.2) is 22.4 Å². The summed E-state index contributed by atoms with van der Waals surface area (Å²) < 4.78 is 108. The van der Waals surface area contributed by atoms with Crippen molar-refractivity contribution < 1.29 is 54.5 Å². The van der Waals surface area contributed by atoms with Gasteiger partial charge in [0.2, 0.25) is 5.91 Å². The van der Waals surface area contributed by atoms with Gasteiger partial charge in [-0.15, -0.1) is 0 Å². The van der Waals surface area contributed by atoms with E-state index in [1.165, 1.54) is 12.1 Å². The second-order valence-corrected chi connectivity index (χ2v) is 10.1. The molecule has 0 spiro atoms. The summed E-state index contributed by atoms with van der Waals surface area (Å²) in [6, 6.07) is 4.54. The quantitative estimate of drug-likeness (QED) is 0.185. The number of ether oxygens (including phenoxy) is 3. The van der Waals surface area contributed by atoms with E-state index in [1.807, 2.05) is 0 Å². The Bertz CT molecular complexity index is 1420. The SMILES string of the molecule is C=C(/C=C(F)\C=C(/C)F)[C@@H](CC(=O)Nc1cncc(F)c1OC[C@@H]1CN[C@H](COC(=O)NCC(F)(F)F)CO1)c1ccc(F)cc1. The van der Waals surface area contributed by atoms with Crippen molar-refractivity contribution in [3.05, 3.63) is 89.8 Å². The Labute approximate surface area is 259 Å². The number of aromatic nitrogens is 1. The fourth-order valence-corrected chi connectivity index (χ4v) is 4.17. The fraction of sp³-hybridized carbons (Fsp3) is 0.367. The molecule has 3 rings (SSSR count). The van der Waals surface area contributed by atoms with E-state index in [0.29, 0.717) is 11.6 Å². The van der Waals surface area contributed by atoms with Crippen molar-refractivity contribution in [2.45, 2.75) is 37.6 Å². The lowest BCUT2D eigenvalue weighted by Crippen LogP contribution is -2.51. The maximum Gasteiger partial charge on any atom is 0.407 e. The molecule has 1 aromatic heterocycles. The van der Waals surface area contributed by atoms with E-state index in [2.05, 4.69) is 22.2 Å². The third kappa shape index (κ3) is 12.2. The highest BCUT2D eigenvalue weighted by atomic mass is 19.4. The Balaban J connectivity index is 1.59. The normalized spacial score (nSPS) is 18.0. The van der Waals surface area contributed by atoms with Gasteiger partial charge in [0.15, 0.2) is 11.6 Å². The number of halogens is 7. The summed E-state index contributed by atoms with van der Waals surface area (Å²) in [6.45, 7) is 2.98. The van der Waals surface area contributed by atoms with Crippen molar-refractivity contribution in [2.75, 3.05) is 38.2 Å². The van der Waals surface area contributed by atoms with E-state index >= 15 is 0 Å². The van der Waals surface area contributed by atoms with Crippen molar-refractivity contribution in [3.63, 3.8) is 0 Å². The molecule has 250 valence electrons. The van der Waals surface area contributed by atoms with Gasteiger partial charge in [0.05, 0.1) is 30.9 Å². The molecule has 0 aliphatic carbocycles. The van der Waals surface area contributed by atoms with Gasteiger partial charge in [-0.3, -0.25) is 9.78 Å². The lowest BCUT2D eigenvalue weighted by molar-refractivity contribution is -0.124. The Morgan fingerprint density at radius 1 is 1.15 bits per heavy atom. The molecule has 9 nitrogen and oxygen atoms in total. The van der Waals surface area contributed by atoms with E-state index < -0.39 is 66.1 Å². The summed E-state index contributed by atoms with van der Waals surface area (Å²) in [5.41, 5.74) is 0.359. The number of hydrogen-bond donors (Lipinski definition) is 3. The number of amides is 2. The highest BCUT2D eigenvalue weighted by Crippen LogP contribution is 2.32. The minimum absolute atomic E-state index is 0.00656. The van der Waals surface area contributed by atoms with Crippen molar-refractivity contribution in [1.82, 2.24) is 15.6 Å². The minimum atomic E-state index is -4.58. The van der Waals surface area contributed by atoms with E-state index in [0.717, 1.165) is 37.5 Å². The minimum Gasteiger partial charge on any atom is -0.485 e. The van der Waals surface area contributed by atoms with Crippen LogP contribution in [0.2, 0.25) is 0 Å². The van der Waals surface area contributed by atoms with E-state index in [4.69, 9.17) is 14.2 Å². The first-order valence-electron chi connectivity index (χ1n) is 13.7. The number of alkyl halides is 3. The second kappa shape index (κ2) is 16.7. The molecule has 0 radical (unpaired) electrons. The van der Waals surface area contributed by atoms with E-state index in [-0.39, 0.29) is 49.8 Å². The molecule has 1 aromatic carbocycles. The Kier molecular flexibility index (Phi) is 13.1. The molecule has 3 N–H and O–H groups in total. The summed E-state index contributed by atoms with van der Waals surface area (Å²) >= 11 is 0. The number of rotatable bonds is 13. The number of pyridine rings is 1. The molecule has 2 aromatic rings. The zero-order valence-electron chi connectivity index (χ0n) is 24.4. The largest absolute Gasteiger partial charge is 0.485 e. The molecule has 1 aliphatic heterocycles. The van der Waals surface area contributed by atoms with Gasteiger partial charge in [-0.2, -0.15) is 13.2 Å². The third-order valence-corrected chi connectivity index (χ3v) is 6.33. The van der Waals surface area contributed by atoms with Crippen LogP contribution in [0.3, 0.4) is 0 Å². The van der Waals surface area contributed by atoms with Crippen LogP contribution >= 0.6 is 0 Å². The Hall–Kier alpha value is -4.44. The zero-order valence-corrected chi connectivity index (χ0v) is 24.4. The lowest BCUT2D eigenvalue weighted by Gasteiger charge is -2.30. The highest BCUT2D eigenvalue weighted by Gasteiger charge is 2.29. The molecule has 2 heterocycles. The molecule has 3 atom stereocenters. The van der Waals surface area contributed by atoms with Crippen LogP contribution in [-0.4, -0.2) is 68.2 Å². The average molecular weight is 661 g/mol. The third-order valence-electron chi connectivity index (χ3n) is 6.33. The standard InChI is InChI=1S/C30H31F7N4O5/c1-17(7-21(33)8-18(2)31)24(19-3-5-20(32)6-4-19)9-27(42)41-26-12-38-11-25(34)28(26)45-15-23-10-39-22(13-44-23)14-46-29(43)40-16-30(35,36)37/h3-8,11-12,22-24,39H,1,9-10,13-16H2,2H3,(H,40,43)(H,41,42)/b18-8+,21-7+/t22-,23-,24+/m0/s1. The predicted molar refractivity (Wildman–Crippen MR) is 152 cm³/mol. The molecular weight excluding hydrogens is 629 g/mol. The highest BCUT2D eigenvalue weighted by molar-refractivity contribution is 5.93. The molecule has 0 saturated carbocycles. The van der Waals surface area contributed by atoms with Crippen LogP contribution in [0, 0.1) is 11.6 Å². The summed E-state index contributed by atoms with van der Waals surface area (Å²) in [5, 5.41) is 7.05. The first kappa shape index (κ1) is 36.0. The zero-order chi connectivity index (χ0) is 33.9. The van der Waals surface area contributed by atoms with E-state index in [1.54, 1.807) is 5.32 Å². The number of benzene rings is 1. The first-order valence-corrected chi connectivity index (χ1v) is 13.7. The Morgan fingerprint density at radius 2 is 1.87 bits per heavy atom. The molecule has 46 heavy (non-hydrogen) atoms. The number of carbonyl (C=O) groups excluding carboxylic acids is 2. The average Bonchev–Trinajstić information content (AvgIpc) is 2.97. The number of morpholine rings is 1. The molecule has 1 fully saturated rings. The van der Waals surface area contributed by atoms with Crippen LogP contribution in [-0.2, 0) is 14.3 Å². The summed E-state index contributed by atoms with van der Waals surface area (Å²) in [7, 11) is 0. The van der Waals surface area contributed by atoms with Gasteiger partial charge in [0, 0.05) is 25.0 Å². The fourth-order valence-electron chi connectivity index (χ4n) is 4.17. The molecular formula is C30H31F7N4O5. The van der Waals surface area contributed by atoms with Crippen LogP contribution in [0.1, 0.15) is 24.8 Å². The van der Waals surface area contributed by atoms with Gasteiger partial charge in [-0.05, 0) is 36.3 Å².